The Bertz CT molecular complexity index is 405. The van der Waals surface area contributed by atoms with Gasteiger partial charge >= 0.3 is 0 Å². The molecule has 6 heteroatoms. The van der Waals surface area contributed by atoms with Gasteiger partial charge in [-0.05, 0) is 19.8 Å². The van der Waals surface area contributed by atoms with E-state index in [2.05, 4.69) is 25.9 Å². The lowest BCUT2D eigenvalue weighted by Crippen LogP contribution is -2.27. The van der Waals surface area contributed by atoms with Gasteiger partial charge in [0.05, 0.1) is 0 Å². The van der Waals surface area contributed by atoms with Crippen LogP contribution in [0.3, 0.4) is 0 Å². The van der Waals surface area contributed by atoms with E-state index in [4.69, 9.17) is 0 Å². The van der Waals surface area contributed by atoms with E-state index in [0.29, 0.717) is 19.0 Å². The first kappa shape index (κ1) is 12.6. The Hall–Kier alpha value is -1.85. The molecule has 1 heterocycles. The van der Waals surface area contributed by atoms with Gasteiger partial charge < -0.3 is 16.0 Å². The summed E-state index contributed by atoms with van der Waals surface area (Å²) in [4.78, 5) is 19.6. The number of carbonyl (C=O) groups excluding carboxylic acids is 1. The molecule has 0 unspecified atom stereocenters. The fourth-order valence-electron chi connectivity index (χ4n) is 1.56. The van der Waals surface area contributed by atoms with E-state index in [-0.39, 0.29) is 5.91 Å². The van der Waals surface area contributed by atoms with Crippen molar-refractivity contribution >= 4 is 17.5 Å². The van der Waals surface area contributed by atoms with E-state index in [1.165, 1.54) is 6.33 Å². The largest absolute Gasteiger partial charge is 0.370 e. The van der Waals surface area contributed by atoms with Crippen LogP contribution >= 0.6 is 0 Å². The zero-order valence-electron chi connectivity index (χ0n) is 10.6. The van der Waals surface area contributed by atoms with Crippen LogP contribution in [0, 0.1) is 0 Å². The standard InChI is InChI=1S/C12H19N5O/c1-2-13-10-7-11(16-8-15-10)14-6-5-12(18)17-9-3-4-9/h7-9H,2-6H2,1H3,(H,17,18)(H2,13,14,15,16). The molecule has 1 fully saturated rings. The molecule has 0 aliphatic heterocycles. The predicted octanol–water partition coefficient (Wildman–Crippen LogP) is 0.989. The van der Waals surface area contributed by atoms with Crippen LogP contribution in [-0.2, 0) is 4.79 Å². The van der Waals surface area contributed by atoms with Crippen molar-refractivity contribution in [1.82, 2.24) is 15.3 Å². The Labute approximate surface area is 107 Å². The second-order valence-corrected chi connectivity index (χ2v) is 4.34. The molecule has 1 amide bonds. The quantitative estimate of drug-likeness (QED) is 0.671. The Morgan fingerprint density at radius 3 is 2.72 bits per heavy atom. The van der Waals surface area contributed by atoms with E-state index in [1.807, 2.05) is 13.0 Å². The normalized spacial score (nSPS) is 14.1. The van der Waals surface area contributed by atoms with Crippen molar-refractivity contribution < 1.29 is 4.79 Å². The van der Waals surface area contributed by atoms with Gasteiger partial charge in [0.1, 0.15) is 18.0 Å². The minimum atomic E-state index is 0.103. The van der Waals surface area contributed by atoms with Gasteiger partial charge in [0.15, 0.2) is 0 Å². The van der Waals surface area contributed by atoms with Crippen LogP contribution in [-0.4, -0.2) is 35.0 Å². The summed E-state index contributed by atoms with van der Waals surface area (Å²) >= 11 is 0. The first-order valence-corrected chi connectivity index (χ1v) is 6.37. The van der Waals surface area contributed by atoms with Gasteiger partial charge in [-0.15, -0.1) is 0 Å². The third-order valence-corrected chi connectivity index (χ3v) is 2.63. The minimum Gasteiger partial charge on any atom is -0.370 e. The monoisotopic (exact) mass is 249 g/mol. The minimum absolute atomic E-state index is 0.103. The zero-order chi connectivity index (χ0) is 12.8. The second-order valence-electron chi connectivity index (χ2n) is 4.34. The number of nitrogens with one attached hydrogen (secondary N) is 3. The van der Waals surface area contributed by atoms with Crippen LogP contribution < -0.4 is 16.0 Å². The van der Waals surface area contributed by atoms with Gasteiger partial charge in [0.2, 0.25) is 5.91 Å². The second kappa shape index (κ2) is 6.18. The summed E-state index contributed by atoms with van der Waals surface area (Å²) in [6.45, 7) is 3.42. The summed E-state index contributed by atoms with van der Waals surface area (Å²) < 4.78 is 0. The van der Waals surface area contributed by atoms with E-state index in [1.54, 1.807) is 0 Å². The van der Waals surface area contributed by atoms with Crippen molar-refractivity contribution in [3.63, 3.8) is 0 Å². The molecular formula is C12H19N5O. The molecule has 2 rings (SSSR count). The highest BCUT2D eigenvalue weighted by molar-refractivity contribution is 5.77. The van der Waals surface area contributed by atoms with Crippen LogP contribution in [0.2, 0.25) is 0 Å². The molecule has 1 aromatic heterocycles. The average molecular weight is 249 g/mol. The fourth-order valence-corrected chi connectivity index (χ4v) is 1.56. The highest BCUT2D eigenvalue weighted by Crippen LogP contribution is 2.18. The molecular weight excluding hydrogens is 230 g/mol. The van der Waals surface area contributed by atoms with E-state index in [9.17, 15) is 4.79 Å². The SMILES string of the molecule is CCNc1cc(NCCC(=O)NC2CC2)ncn1. The lowest BCUT2D eigenvalue weighted by atomic mass is 10.4. The number of carbonyl (C=O) groups is 1. The molecule has 1 aliphatic carbocycles. The summed E-state index contributed by atoms with van der Waals surface area (Å²) in [6.07, 6.45) is 4.22. The number of anilines is 2. The lowest BCUT2D eigenvalue weighted by Gasteiger charge is -2.07. The summed E-state index contributed by atoms with van der Waals surface area (Å²) in [5.74, 6) is 1.63. The number of rotatable bonds is 7. The third-order valence-electron chi connectivity index (χ3n) is 2.63. The van der Waals surface area contributed by atoms with Crippen LogP contribution in [0.25, 0.3) is 0 Å². The highest BCUT2D eigenvalue weighted by Gasteiger charge is 2.22. The molecule has 1 aromatic rings. The topological polar surface area (TPSA) is 78.9 Å². The molecule has 1 aliphatic rings. The van der Waals surface area contributed by atoms with Crippen LogP contribution in [0.4, 0.5) is 11.6 Å². The molecule has 18 heavy (non-hydrogen) atoms. The van der Waals surface area contributed by atoms with Gasteiger partial charge in [-0.1, -0.05) is 0 Å². The van der Waals surface area contributed by atoms with E-state index < -0.39 is 0 Å². The Morgan fingerprint density at radius 2 is 2.06 bits per heavy atom. The van der Waals surface area contributed by atoms with Crippen LogP contribution in [0.5, 0.6) is 0 Å². The fraction of sp³-hybridized carbons (Fsp3) is 0.583. The number of aromatic nitrogens is 2. The molecule has 1 saturated carbocycles. The molecule has 98 valence electrons. The number of nitrogens with zero attached hydrogens (tertiary/aromatic N) is 2. The third kappa shape index (κ3) is 4.20. The smallest absolute Gasteiger partial charge is 0.221 e. The number of amides is 1. The van der Waals surface area contributed by atoms with Crippen molar-refractivity contribution in [2.75, 3.05) is 23.7 Å². The first-order valence-electron chi connectivity index (χ1n) is 6.37. The van der Waals surface area contributed by atoms with Gasteiger partial charge in [-0.3, -0.25) is 4.79 Å². The summed E-state index contributed by atoms with van der Waals surface area (Å²) in [6, 6.07) is 2.26. The van der Waals surface area contributed by atoms with Crippen molar-refractivity contribution in [3.8, 4) is 0 Å². The molecule has 0 spiro atoms. The first-order chi connectivity index (χ1) is 8.78. The van der Waals surface area contributed by atoms with Gasteiger partial charge in [0, 0.05) is 31.6 Å². The van der Waals surface area contributed by atoms with Gasteiger partial charge in [-0.25, -0.2) is 9.97 Å². The molecule has 0 aromatic carbocycles. The van der Waals surface area contributed by atoms with Gasteiger partial charge in [0.25, 0.3) is 0 Å². The van der Waals surface area contributed by atoms with Crippen molar-refractivity contribution in [2.24, 2.45) is 0 Å². The summed E-state index contributed by atoms with van der Waals surface area (Å²) in [7, 11) is 0. The molecule has 0 radical (unpaired) electrons. The van der Waals surface area contributed by atoms with E-state index in [0.717, 1.165) is 31.0 Å². The van der Waals surface area contributed by atoms with Crippen molar-refractivity contribution in [2.45, 2.75) is 32.2 Å². The molecule has 3 N–H and O–H groups in total. The van der Waals surface area contributed by atoms with Crippen LogP contribution in [0.1, 0.15) is 26.2 Å². The number of hydrogen-bond acceptors (Lipinski definition) is 5. The molecule has 0 bridgehead atoms. The maximum atomic E-state index is 11.5. The number of hydrogen-bond donors (Lipinski definition) is 3. The summed E-state index contributed by atoms with van der Waals surface area (Å²) in [5.41, 5.74) is 0. The predicted molar refractivity (Wildman–Crippen MR) is 70.5 cm³/mol. The Morgan fingerprint density at radius 1 is 1.33 bits per heavy atom. The van der Waals surface area contributed by atoms with Crippen molar-refractivity contribution in [1.29, 1.82) is 0 Å². The highest BCUT2D eigenvalue weighted by atomic mass is 16.1. The molecule has 0 saturated heterocycles. The van der Waals surface area contributed by atoms with Crippen LogP contribution in [0.15, 0.2) is 12.4 Å². The molecule has 6 nitrogen and oxygen atoms in total. The summed E-state index contributed by atoms with van der Waals surface area (Å²) in [5, 5.41) is 9.17. The lowest BCUT2D eigenvalue weighted by molar-refractivity contribution is -0.120. The van der Waals surface area contributed by atoms with Gasteiger partial charge in [-0.2, -0.15) is 0 Å². The van der Waals surface area contributed by atoms with Crippen molar-refractivity contribution in [3.05, 3.63) is 12.4 Å². The maximum Gasteiger partial charge on any atom is 0.221 e. The molecule has 0 atom stereocenters. The maximum absolute atomic E-state index is 11.5. The Balaban J connectivity index is 1.71. The zero-order valence-corrected chi connectivity index (χ0v) is 10.6. The average Bonchev–Trinajstić information content (AvgIpc) is 3.14. The Kier molecular flexibility index (Phi) is 4.33. The van der Waals surface area contributed by atoms with E-state index >= 15 is 0 Å².